The number of benzene rings is 1. The molecule has 1 aromatic rings. The number of halogens is 1. The average molecular weight is 329 g/mol. The number of aryl methyl sites for hydroxylation is 1. The molecule has 18 heavy (non-hydrogen) atoms. The summed E-state index contributed by atoms with van der Waals surface area (Å²) in [5.74, 6) is 0.00723. The molecule has 0 aromatic heterocycles. The number of carbonyl (C=O) groups is 1. The second-order valence-corrected chi connectivity index (χ2v) is 5.84. The van der Waals surface area contributed by atoms with Gasteiger partial charge in [0.1, 0.15) is 0 Å². The zero-order valence-corrected chi connectivity index (χ0v) is 13.1. The lowest BCUT2D eigenvalue weighted by Crippen LogP contribution is -2.35. The van der Waals surface area contributed by atoms with E-state index in [1.54, 1.807) is 11.9 Å². The van der Waals surface area contributed by atoms with E-state index in [1.807, 2.05) is 32.0 Å². The maximum atomic E-state index is 12.3. The van der Waals surface area contributed by atoms with E-state index >= 15 is 0 Å². The Hall–Kier alpha value is -0.940. The zero-order valence-electron chi connectivity index (χ0n) is 10.7. The molecule has 0 aliphatic carbocycles. The fraction of sp³-hybridized carbons (Fsp3) is 0.385. The normalized spacial score (nSPS) is 12.0. The minimum Gasteiger partial charge on any atom is -0.393 e. The molecule has 0 aliphatic rings. The van der Waals surface area contributed by atoms with Gasteiger partial charge in [-0.2, -0.15) is 0 Å². The molecule has 0 spiro atoms. The van der Waals surface area contributed by atoms with Crippen molar-refractivity contribution in [3.63, 3.8) is 0 Å². The summed E-state index contributed by atoms with van der Waals surface area (Å²) in [6, 6.07) is 5.62. The van der Waals surface area contributed by atoms with Gasteiger partial charge in [-0.25, -0.2) is 0 Å². The molecule has 3 nitrogen and oxygen atoms in total. The highest BCUT2D eigenvalue weighted by atomic mass is 79.9. The van der Waals surface area contributed by atoms with E-state index in [9.17, 15) is 4.79 Å². The summed E-state index contributed by atoms with van der Waals surface area (Å²) in [7, 11) is 1.76. The molecule has 2 N–H and O–H groups in total. The number of hydrogen-bond donors (Lipinski definition) is 1. The molecule has 1 rings (SSSR count). The first kappa shape index (κ1) is 15.1. The standard InChI is InChI=1S/C13H17BrN2OS/c1-8-6-10(14)4-5-11(8)13(17)16(3)7-9(2)12(15)18/h4-6,9H,7H2,1-3H3,(H2,15,18). The van der Waals surface area contributed by atoms with Crippen LogP contribution >= 0.6 is 28.1 Å². The molecule has 0 heterocycles. The van der Waals surface area contributed by atoms with Crippen LogP contribution in [0.4, 0.5) is 0 Å². The SMILES string of the molecule is Cc1cc(Br)ccc1C(=O)N(C)CC(C)C(N)=S. The molecule has 1 aromatic carbocycles. The molecule has 1 atom stereocenters. The van der Waals surface area contributed by atoms with Gasteiger partial charge in [0.2, 0.25) is 0 Å². The second-order valence-electron chi connectivity index (χ2n) is 4.45. The number of nitrogens with two attached hydrogens (primary N) is 1. The summed E-state index contributed by atoms with van der Waals surface area (Å²) in [6.07, 6.45) is 0. The number of rotatable bonds is 4. The molecule has 1 unspecified atom stereocenters. The van der Waals surface area contributed by atoms with Crippen LogP contribution in [0.1, 0.15) is 22.8 Å². The molecule has 0 bridgehead atoms. The smallest absolute Gasteiger partial charge is 0.253 e. The highest BCUT2D eigenvalue weighted by molar-refractivity contribution is 9.10. The molecule has 0 radical (unpaired) electrons. The minimum atomic E-state index is -0.0110. The van der Waals surface area contributed by atoms with Crippen LogP contribution in [0.25, 0.3) is 0 Å². The summed E-state index contributed by atoms with van der Waals surface area (Å²) < 4.78 is 0.968. The first-order valence-electron chi connectivity index (χ1n) is 5.64. The Morgan fingerprint density at radius 3 is 2.67 bits per heavy atom. The summed E-state index contributed by atoms with van der Waals surface area (Å²) in [5, 5.41) is 0. The van der Waals surface area contributed by atoms with E-state index in [1.165, 1.54) is 0 Å². The van der Waals surface area contributed by atoms with Crippen molar-refractivity contribution in [2.45, 2.75) is 13.8 Å². The average Bonchev–Trinajstić information content (AvgIpc) is 2.27. The van der Waals surface area contributed by atoms with Crippen LogP contribution < -0.4 is 5.73 Å². The lowest BCUT2D eigenvalue weighted by molar-refractivity contribution is 0.0786. The number of carbonyl (C=O) groups excluding carboxylic acids is 1. The van der Waals surface area contributed by atoms with Gasteiger partial charge in [0, 0.05) is 29.5 Å². The van der Waals surface area contributed by atoms with Crippen molar-refractivity contribution in [3.05, 3.63) is 33.8 Å². The van der Waals surface area contributed by atoms with Crippen molar-refractivity contribution < 1.29 is 4.79 Å². The van der Waals surface area contributed by atoms with Gasteiger partial charge in [-0.15, -0.1) is 0 Å². The molecular formula is C13H17BrN2OS. The van der Waals surface area contributed by atoms with E-state index in [2.05, 4.69) is 15.9 Å². The van der Waals surface area contributed by atoms with Crippen molar-refractivity contribution in [2.75, 3.05) is 13.6 Å². The van der Waals surface area contributed by atoms with Crippen molar-refractivity contribution in [3.8, 4) is 0 Å². The Bertz CT molecular complexity index is 476. The summed E-state index contributed by atoms with van der Waals surface area (Å²) in [4.78, 5) is 14.3. The Morgan fingerprint density at radius 1 is 1.56 bits per heavy atom. The predicted molar refractivity (Wildman–Crippen MR) is 81.8 cm³/mol. The van der Waals surface area contributed by atoms with Crippen molar-refractivity contribution >= 4 is 39.0 Å². The number of thiocarbonyl (C=S) groups is 1. The monoisotopic (exact) mass is 328 g/mol. The van der Waals surface area contributed by atoms with Crippen LogP contribution in [0.5, 0.6) is 0 Å². The van der Waals surface area contributed by atoms with Gasteiger partial charge in [0.05, 0.1) is 4.99 Å². The lowest BCUT2D eigenvalue weighted by Gasteiger charge is -2.21. The highest BCUT2D eigenvalue weighted by Gasteiger charge is 2.17. The Labute approximate surface area is 121 Å². The summed E-state index contributed by atoms with van der Waals surface area (Å²) in [6.45, 7) is 4.37. The third-order valence-corrected chi connectivity index (χ3v) is 3.69. The number of nitrogens with zero attached hydrogens (tertiary/aromatic N) is 1. The highest BCUT2D eigenvalue weighted by Crippen LogP contribution is 2.17. The van der Waals surface area contributed by atoms with Crippen LogP contribution in [0.15, 0.2) is 22.7 Å². The van der Waals surface area contributed by atoms with E-state index in [0.717, 1.165) is 10.0 Å². The Kier molecular flexibility index (Phi) is 5.28. The third kappa shape index (κ3) is 3.78. The number of hydrogen-bond acceptors (Lipinski definition) is 2. The lowest BCUT2D eigenvalue weighted by atomic mass is 10.1. The van der Waals surface area contributed by atoms with Gasteiger partial charge in [0.15, 0.2) is 0 Å². The van der Waals surface area contributed by atoms with E-state index in [0.29, 0.717) is 17.1 Å². The molecule has 0 saturated carbocycles. The largest absolute Gasteiger partial charge is 0.393 e. The maximum absolute atomic E-state index is 12.3. The van der Waals surface area contributed by atoms with Gasteiger partial charge in [0.25, 0.3) is 5.91 Å². The fourth-order valence-corrected chi connectivity index (χ4v) is 2.21. The minimum absolute atomic E-state index is 0.0110. The van der Waals surface area contributed by atoms with Crippen LogP contribution in [0, 0.1) is 12.8 Å². The molecule has 98 valence electrons. The third-order valence-electron chi connectivity index (χ3n) is 2.80. The van der Waals surface area contributed by atoms with Crippen LogP contribution in [-0.2, 0) is 0 Å². The van der Waals surface area contributed by atoms with E-state index in [4.69, 9.17) is 18.0 Å². The summed E-state index contributed by atoms with van der Waals surface area (Å²) in [5.41, 5.74) is 7.21. The Morgan fingerprint density at radius 2 is 2.17 bits per heavy atom. The predicted octanol–water partition coefficient (Wildman–Crippen LogP) is 2.75. The van der Waals surface area contributed by atoms with Crippen molar-refractivity contribution in [2.24, 2.45) is 11.7 Å². The van der Waals surface area contributed by atoms with E-state index < -0.39 is 0 Å². The molecular weight excluding hydrogens is 312 g/mol. The number of amides is 1. The second kappa shape index (κ2) is 6.29. The molecule has 1 amide bonds. The summed E-state index contributed by atoms with van der Waals surface area (Å²) >= 11 is 8.30. The van der Waals surface area contributed by atoms with Crippen molar-refractivity contribution in [1.82, 2.24) is 4.90 Å². The molecule has 0 fully saturated rings. The Balaban J connectivity index is 2.83. The van der Waals surface area contributed by atoms with E-state index in [-0.39, 0.29) is 11.8 Å². The van der Waals surface area contributed by atoms with Gasteiger partial charge < -0.3 is 10.6 Å². The first-order chi connectivity index (χ1) is 8.32. The fourth-order valence-electron chi connectivity index (χ4n) is 1.66. The zero-order chi connectivity index (χ0) is 13.9. The van der Waals surface area contributed by atoms with Gasteiger partial charge in [-0.1, -0.05) is 35.1 Å². The van der Waals surface area contributed by atoms with Crippen LogP contribution in [-0.4, -0.2) is 29.4 Å². The van der Waals surface area contributed by atoms with Crippen molar-refractivity contribution in [1.29, 1.82) is 0 Å². The first-order valence-corrected chi connectivity index (χ1v) is 6.84. The van der Waals surface area contributed by atoms with Crippen LogP contribution in [0.2, 0.25) is 0 Å². The molecule has 5 heteroatoms. The maximum Gasteiger partial charge on any atom is 0.253 e. The topological polar surface area (TPSA) is 46.3 Å². The van der Waals surface area contributed by atoms with Crippen LogP contribution in [0.3, 0.4) is 0 Å². The molecule has 0 aliphatic heterocycles. The van der Waals surface area contributed by atoms with Gasteiger partial charge >= 0.3 is 0 Å². The van der Waals surface area contributed by atoms with Gasteiger partial charge in [-0.3, -0.25) is 4.79 Å². The molecule has 0 saturated heterocycles. The quantitative estimate of drug-likeness (QED) is 0.864. The van der Waals surface area contributed by atoms with Gasteiger partial charge in [-0.05, 0) is 30.7 Å².